The van der Waals surface area contributed by atoms with E-state index >= 15 is 0 Å². The molecule has 0 heterocycles. The Bertz CT molecular complexity index is 1170. The minimum atomic E-state index is -1.08. The van der Waals surface area contributed by atoms with Gasteiger partial charge in [0.25, 0.3) is 0 Å². The number of benzene rings is 2. The number of aromatic hydroxyl groups is 2. The molecule has 0 aliphatic heterocycles. The van der Waals surface area contributed by atoms with Crippen molar-refractivity contribution in [2.75, 3.05) is 0 Å². The van der Waals surface area contributed by atoms with Crippen LogP contribution in [-0.2, 0) is 39.2 Å². The number of nitrogens with zero attached hydrogens (tertiary/aromatic N) is 2. The Morgan fingerprint density at radius 2 is 1.11 bits per heavy atom. The third-order valence-electron chi connectivity index (χ3n) is 7.25. The van der Waals surface area contributed by atoms with Gasteiger partial charge in [-0.25, -0.2) is 0 Å². The zero-order valence-corrected chi connectivity index (χ0v) is 29.2. The molecule has 1 fully saturated rings. The Kier molecular flexibility index (Phi) is 20.0. The molecule has 1 saturated carbocycles. The van der Waals surface area contributed by atoms with E-state index < -0.39 is 11.9 Å². The molecule has 251 valence electrons. The Labute approximate surface area is 280 Å². The number of carboxylic acids is 2. The Morgan fingerprint density at radius 3 is 1.40 bits per heavy atom. The van der Waals surface area contributed by atoms with Crippen LogP contribution in [0.25, 0.3) is 0 Å². The van der Waals surface area contributed by atoms with E-state index in [9.17, 15) is 10.2 Å². The first-order chi connectivity index (χ1) is 20.7. The zero-order valence-electron chi connectivity index (χ0n) is 28.2. The third-order valence-corrected chi connectivity index (χ3v) is 7.25. The summed E-state index contributed by atoms with van der Waals surface area (Å²) in [6, 6.07) is 8.85. The van der Waals surface area contributed by atoms with Crippen molar-refractivity contribution >= 4 is 24.4 Å². The molecule has 3 rings (SSSR count). The second-order valence-corrected chi connectivity index (χ2v) is 12.1. The second-order valence-electron chi connectivity index (χ2n) is 12.1. The molecule has 8 nitrogen and oxygen atoms in total. The Morgan fingerprint density at radius 1 is 0.778 bits per heavy atom. The second kappa shape index (κ2) is 21.5. The van der Waals surface area contributed by atoms with E-state index in [-0.39, 0.29) is 40.7 Å². The van der Waals surface area contributed by atoms with Crippen molar-refractivity contribution < 1.29 is 46.8 Å². The predicted molar refractivity (Wildman–Crippen MR) is 175 cm³/mol. The van der Waals surface area contributed by atoms with Gasteiger partial charge in [-0.2, -0.15) is 0 Å². The van der Waals surface area contributed by atoms with Gasteiger partial charge < -0.3 is 30.0 Å². The first kappa shape index (κ1) is 41.8. The number of aryl methyl sites for hydroxylation is 2. The molecule has 0 amide bonds. The number of hydrogen-bond acceptors (Lipinski definition) is 8. The molecule has 2 unspecified atom stereocenters. The molecule has 2 atom stereocenters. The number of carboxylic acid groups (broad SMARTS) is 2. The number of phenolic OH excluding ortho intramolecular Hbond substituents is 2. The number of phenols is 2. The van der Waals surface area contributed by atoms with Gasteiger partial charge in [0.1, 0.15) is 11.5 Å². The SMILES string of the molecule is CC(=O)[O-].CC(=O)[O-].CCCc1cc(C=NC2CCCC(N=Cc3cc(CCC)cc(C(C)C)c3O)C2)c(O)c(C(C)C)c1.[Co+2]. The first-order valence-electron chi connectivity index (χ1n) is 15.8. The summed E-state index contributed by atoms with van der Waals surface area (Å²) in [7, 11) is 0. The van der Waals surface area contributed by atoms with Gasteiger partial charge in [-0.3, -0.25) is 9.98 Å². The van der Waals surface area contributed by atoms with Gasteiger partial charge in [-0.15, -0.1) is 0 Å². The summed E-state index contributed by atoms with van der Waals surface area (Å²) in [5.74, 6) is -0.902. The normalized spacial score (nSPS) is 16.1. The van der Waals surface area contributed by atoms with Crippen molar-refractivity contribution in [2.24, 2.45) is 9.98 Å². The summed E-state index contributed by atoms with van der Waals surface area (Å²) in [5, 5.41) is 39.5. The van der Waals surface area contributed by atoms with Crippen LogP contribution in [0.4, 0.5) is 0 Å². The van der Waals surface area contributed by atoms with Crippen LogP contribution in [0.15, 0.2) is 34.3 Å². The zero-order chi connectivity index (χ0) is 33.4. The van der Waals surface area contributed by atoms with E-state index in [1.165, 1.54) is 11.1 Å². The largest absolute Gasteiger partial charge is 2.00 e. The number of aliphatic imine (C=N–C) groups is 2. The number of rotatable bonds is 10. The minimum Gasteiger partial charge on any atom is -0.550 e. The van der Waals surface area contributed by atoms with E-state index in [0.29, 0.717) is 11.5 Å². The fourth-order valence-electron chi connectivity index (χ4n) is 5.21. The molecule has 1 aliphatic carbocycles. The molecule has 2 aromatic rings. The monoisotopic (exact) mass is 667 g/mol. The van der Waals surface area contributed by atoms with Crippen molar-refractivity contribution in [3.63, 3.8) is 0 Å². The van der Waals surface area contributed by atoms with Crippen molar-refractivity contribution in [2.45, 2.75) is 131 Å². The quantitative estimate of drug-likeness (QED) is 0.315. The van der Waals surface area contributed by atoms with Gasteiger partial charge in [-0.1, -0.05) is 66.5 Å². The smallest absolute Gasteiger partial charge is 0.550 e. The van der Waals surface area contributed by atoms with Crippen LogP contribution in [0.5, 0.6) is 11.5 Å². The number of carbonyl (C=O) groups excluding carboxylic acids is 2. The third kappa shape index (κ3) is 15.6. The molecule has 2 N–H and O–H groups in total. The summed E-state index contributed by atoms with van der Waals surface area (Å²) in [4.78, 5) is 27.6. The molecular weight excluding hydrogens is 615 g/mol. The Hall–Kier alpha value is -3.17. The summed E-state index contributed by atoms with van der Waals surface area (Å²) in [6.07, 6.45) is 12.0. The molecular formula is C36H52CoN2O6. The molecule has 9 heteroatoms. The van der Waals surface area contributed by atoms with Crippen LogP contribution in [0, 0.1) is 0 Å². The molecule has 0 saturated heterocycles. The average molecular weight is 668 g/mol. The van der Waals surface area contributed by atoms with Gasteiger partial charge in [-0.05, 0) is 98.6 Å². The van der Waals surface area contributed by atoms with Crippen LogP contribution >= 0.6 is 0 Å². The van der Waals surface area contributed by atoms with E-state index in [4.69, 9.17) is 29.8 Å². The van der Waals surface area contributed by atoms with Gasteiger partial charge in [0.05, 0.1) is 12.1 Å². The average Bonchev–Trinajstić information content (AvgIpc) is 2.93. The Balaban J connectivity index is 0.00000192. The van der Waals surface area contributed by atoms with Gasteiger partial charge >= 0.3 is 16.8 Å². The van der Waals surface area contributed by atoms with Crippen LogP contribution in [0.2, 0.25) is 0 Å². The molecule has 0 bridgehead atoms. The molecule has 2 aromatic carbocycles. The maximum absolute atomic E-state index is 10.9. The number of carbonyl (C=O) groups is 2. The summed E-state index contributed by atoms with van der Waals surface area (Å²) >= 11 is 0. The van der Waals surface area contributed by atoms with Crippen LogP contribution in [0.3, 0.4) is 0 Å². The molecule has 45 heavy (non-hydrogen) atoms. The number of hydrogen-bond donors (Lipinski definition) is 2. The maximum Gasteiger partial charge on any atom is 2.00 e. The molecule has 0 spiro atoms. The molecule has 0 aromatic heterocycles. The van der Waals surface area contributed by atoms with Gasteiger partial charge in [0, 0.05) is 35.5 Å². The van der Waals surface area contributed by atoms with E-state index in [1.54, 1.807) is 0 Å². The fourth-order valence-corrected chi connectivity index (χ4v) is 5.21. The first-order valence-corrected chi connectivity index (χ1v) is 15.8. The standard InChI is InChI=1S/C32H46N2O2.2C2H4O2.Co/c1-7-10-23-14-25(31(35)29(16-23)21(3)4)19-33-27-12-9-13-28(18-27)34-20-26-15-24(11-8-2)17-30(22(5)6)32(26)36;2*1-2(3)4;/h14-17,19-22,27-28,35-36H,7-13,18H2,1-6H3;2*1H3,(H,3,4);/q;;;+2/p-2. The minimum absolute atomic E-state index is 0. The van der Waals surface area contributed by atoms with E-state index in [0.717, 1.165) is 87.5 Å². The molecule has 1 radical (unpaired) electrons. The van der Waals surface area contributed by atoms with E-state index in [1.807, 2.05) is 12.4 Å². The number of aliphatic carboxylic acids is 2. The van der Waals surface area contributed by atoms with E-state index in [2.05, 4.69) is 65.8 Å². The predicted octanol–water partition coefficient (Wildman–Crippen LogP) is 5.61. The van der Waals surface area contributed by atoms with Gasteiger partial charge in [0.2, 0.25) is 0 Å². The van der Waals surface area contributed by atoms with Crippen LogP contribution in [0.1, 0.15) is 139 Å². The van der Waals surface area contributed by atoms with Crippen molar-refractivity contribution in [3.05, 3.63) is 57.6 Å². The summed E-state index contributed by atoms with van der Waals surface area (Å²) in [6.45, 7) is 14.8. The summed E-state index contributed by atoms with van der Waals surface area (Å²) < 4.78 is 0. The maximum atomic E-state index is 10.9. The fraction of sp³-hybridized carbons (Fsp3) is 0.556. The molecule has 1 aliphatic rings. The van der Waals surface area contributed by atoms with Crippen molar-refractivity contribution in [3.8, 4) is 11.5 Å². The van der Waals surface area contributed by atoms with Crippen molar-refractivity contribution in [1.29, 1.82) is 0 Å². The van der Waals surface area contributed by atoms with Crippen molar-refractivity contribution in [1.82, 2.24) is 0 Å². The van der Waals surface area contributed by atoms with Gasteiger partial charge in [0.15, 0.2) is 0 Å². The van der Waals surface area contributed by atoms with Crippen LogP contribution in [-0.4, -0.2) is 46.7 Å². The van der Waals surface area contributed by atoms with Crippen LogP contribution < -0.4 is 10.2 Å². The topological polar surface area (TPSA) is 145 Å². The summed E-state index contributed by atoms with van der Waals surface area (Å²) in [5.41, 5.74) is 6.18.